The minimum Gasteiger partial charge on any atom is -0.476 e. The molecule has 1 rings (SSSR count). The first kappa shape index (κ1) is 13.9. The molecule has 1 amide bonds. The van der Waals surface area contributed by atoms with E-state index in [1.807, 2.05) is 0 Å². The van der Waals surface area contributed by atoms with Crippen LogP contribution in [-0.4, -0.2) is 47.8 Å². The van der Waals surface area contributed by atoms with Gasteiger partial charge < -0.3 is 15.3 Å². The van der Waals surface area contributed by atoms with Gasteiger partial charge >= 0.3 is 5.97 Å². The summed E-state index contributed by atoms with van der Waals surface area (Å²) < 4.78 is 0. The predicted octanol–water partition coefficient (Wildman–Crippen LogP) is -0.00690. The van der Waals surface area contributed by atoms with E-state index in [4.69, 9.17) is 5.11 Å². The monoisotopic (exact) mass is 252 g/mol. The lowest BCUT2D eigenvalue weighted by atomic mass is 10.1. The molecule has 2 N–H and O–H groups in total. The molecule has 1 heterocycles. The zero-order valence-electron chi connectivity index (χ0n) is 10.5. The van der Waals surface area contributed by atoms with Gasteiger partial charge in [0, 0.05) is 20.6 Å². The molecule has 1 unspecified atom stereocenters. The maximum atomic E-state index is 11.4. The fourth-order valence-electron chi connectivity index (χ4n) is 1.48. The standard InChI is InChI=1S/C11H16N4O3/c1-7(10(16)12-2)6-15(3)9-5-4-8(11(17)18)13-14-9/h4-5,7H,6H2,1-3H3,(H,12,16)(H,17,18). The summed E-state index contributed by atoms with van der Waals surface area (Å²) in [6.07, 6.45) is 0. The highest BCUT2D eigenvalue weighted by Gasteiger charge is 2.15. The molecule has 0 aliphatic heterocycles. The smallest absolute Gasteiger partial charge is 0.356 e. The Labute approximate surface area is 105 Å². The predicted molar refractivity (Wildman–Crippen MR) is 65.5 cm³/mol. The topological polar surface area (TPSA) is 95.4 Å². The molecule has 0 bridgehead atoms. The average Bonchev–Trinajstić information content (AvgIpc) is 2.37. The van der Waals surface area contributed by atoms with Crippen molar-refractivity contribution in [2.75, 3.05) is 25.5 Å². The third-order valence-electron chi connectivity index (χ3n) is 2.50. The minimum atomic E-state index is -1.12. The highest BCUT2D eigenvalue weighted by atomic mass is 16.4. The van der Waals surface area contributed by atoms with Crippen LogP contribution in [0.3, 0.4) is 0 Å². The normalized spacial score (nSPS) is 11.7. The molecule has 0 aromatic carbocycles. The van der Waals surface area contributed by atoms with Crippen molar-refractivity contribution >= 4 is 17.7 Å². The highest BCUT2D eigenvalue weighted by Crippen LogP contribution is 2.10. The molecule has 0 spiro atoms. The van der Waals surface area contributed by atoms with Gasteiger partial charge in [0.15, 0.2) is 11.5 Å². The maximum Gasteiger partial charge on any atom is 0.356 e. The molecule has 7 heteroatoms. The number of aromatic nitrogens is 2. The molecule has 0 aliphatic rings. The third-order valence-corrected chi connectivity index (χ3v) is 2.50. The second-order valence-electron chi connectivity index (χ2n) is 3.98. The van der Waals surface area contributed by atoms with Gasteiger partial charge in [-0.15, -0.1) is 10.2 Å². The second kappa shape index (κ2) is 5.95. The van der Waals surface area contributed by atoms with E-state index in [0.717, 1.165) is 0 Å². The van der Waals surface area contributed by atoms with Crippen molar-refractivity contribution in [1.82, 2.24) is 15.5 Å². The summed E-state index contributed by atoms with van der Waals surface area (Å²) in [6, 6.07) is 2.94. The lowest BCUT2D eigenvalue weighted by Gasteiger charge is -2.20. The molecule has 0 saturated heterocycles. The van der Waals surface area contributed by atoms with E-state index in [0.29, 0.717) is 12.4 Å². The van der Waals surface area contributed by atoms with Gasteiger partial charge in [0.05, 0.1) is 5.92 Å². The van der Waals surface area contributed by atoms with Crippen LogP contribution in [0.5, 0.6) is 0 Å². The van der Waals surface area contributed by atoms with E-state index >= 15 is 0 Å². The molecule has 0 saturated carbocycles. The summed E-state index contributed by atoms with van der Waals surface area (Å²) in [4.78, 5) is 23.7. The van der Waals surface area contributed by atoms with Crippen molar-refractivity contribution in [3.8, 4) is 0 Å². The summed E-state index contributed by atoms with van der Waals surface area (Å²) in [7, 11) is 3.35. The van der Waals surface area contributed by atoms with Crippen LogP contribution in [-0.2, 0) is 4.79 Å². The van der Waals surface area contributed by atoms with Crippen LogP contribution in [0.25, 0.3) is 0 Å². The largest absolute Gasteiger partial charge is 0.476 e. The van der Waals surface area contributed by atoms with Crippen LogP contribution in [0, 0.1) is 5.92 Å². The minimum absolute atomic E-state index is 0.0584. The summed E-state index contributed by atoms with van der Waals surface area (Å²) in [5, 5.41) is 18.6. The molecule has 1 atom stereocenters. The Morgan fingerprint density at radius 3 is 2.56 bits per heavy atom. The zero-order chi connectivity index (χ0) is 13.7. The van der Waals surface area contributed by atoms with Crippen LogP contribution in [0.4, 0.5) is 5.82 Å². The fraction of sp³-hybridized carbons (Fsp3) is 0.455. The number of carbonyl (C=O) groups excluding carboxylic acids is 1. The number of hydrogen-bond acceptors (Lipinski definition) is 5. The summed E-state index contributed by atoms with van der Waals surface area (Å²) in [5.41, 5.74) is -0.105. The Morgan fingerprint density at radius 1 is 1.44 bits per heavy atom. The van der Waals surface area contributed by atoms with E-state index in [1.165, 1.54) is 6.07 Å². The van der Waals surface area contributed by atoms with Crippen LogP contribution < -0.4 is 10.2 Å². The molecule has 0 fully saturated rings. The number of nitrogens with one attached hydrogen (secondary N) is 1. The van der Waals surface area contributed by atoms with E-state index in [-0.39, 0.29) is 17.5 Å². The number of aromatic carboxylic acids is 1. The quantitative estimate of drug-likeness (QED) is 0.765. The molecule has 7 nitrogen and oxygen atoms in total. The van der Waals surface area contributed by atoms with Gasteiger partial charge in [-0.05, 0) is 12.1 Å². The van der Waals surface area contributed by atoms with Gasteiger partial charge in [0.25, 0.3) is 0 Å². The van der Waals surface area contributed by atoms with E-state index < -0.39 is 5.97 Å². The van der Waals surface area contributed by atoms with Gasteiger partial charge in [-0.3, -0.25) is 4.79 Å². The number of hydrogen-bond donors (Lipinski definition) is 2. The first-order valence-corrected chi connectivity index (χ1v) is 5.45. The molecular weight excluding hydrogens is 236 g/mol. The van der Waals surface area contributed by atoms with Gasteiger partial charge in [0.1, 0.15) is 0 Å². The highest BCUT2D eigenvalue weighted by molar-refractivity contribution is 5.85. The number of amides is 1. The summed E-state index contributed by atoms with van der Waals surface area (Å²) in [6.45, 7) is 2.27. The number of anilines is 1. The Balaban J connectivity index is 2.69. The molecule has 98 valence electrons. The van der Waals surface area contributed by atoms with Gasteiger partial charge in [-0.25, -0.2) is 4.79 Å². The Hall–Kier alpha value is -2.18. The van der Waals surface area contributed by atoms with Crippen LogP contribution in [0.1, 0.15) is 17.4 Å². The lowest BCUT2D eigenvalue weighted by Crippen LogP contribution is -2.34. The van der Waals surface area contributed by atoms with Crippen molar-refractivity contribution in [3.63, 3.8) is 0 Å². The molecular formula is C11H16N4O3. The van der Waals surface area contributed by atoms with E-state index in [1.54, 1.807) is 32.0 Å². The first-order valence-electron chi connectivity index (χ1n) is 5.45. The van der Waals surface area contributed by atoms with Crippen LogP contribution >= 0.6 is 0 Å². The summed E-state index contributed by atoms with van der Waals surface area (Å²) in [5.74, 6) is -0.843. The molecule has 1 aromatic rings. The van der Waals surface area contributed by atoms with Crippen LogP contribution in [0.15, 0.2) is 12.1 Å². The SMILES string of the molecule is CNC(=O)C(C)CN(C)c1ccc(C(=O)O)nn1. The Morgan fingerprint density at radius 2 is 2.11 bits per heavy atom. The van der Waals surface area contributed by atoms with Gasteiger partial charge in [-0.1, -0.05) is 6.92 Å². The van der Waals surface area contributed by atoms with E-state index in [2.05, 4.69) is 15.5 Å². The average molecular weight is 252 g/mol. The molecule has 0 aliphatic carbocycles. The molecule has 0 radical (unpaired) electrons. The van der Waals surface area contributed by atoms with Crippen molar-refractivity contribution in [3.05, 3.63) is 17.8 Å². The number of carbonyl (C=O) groups is 2. The number of nitrogens with zero attached hydrogens (tertiary/aromatic N) is 3. The second-order valence-corrected chi connectivity index (χ2v) is 3.98. The first-order chi connectivity index (χ1) is 8.45. The number of carboxylic acid groups (broad SMARTS) is 1. The molecule has 1 aromatic heterocycles. The van der Waals surface area contributed by atoms with E-state index in [9.17, 15) is 9.59 Å². The number of rotatable bonds is 5. The zero-order valence-corrected chi connectivity index (χ0v) is 10.5. The number of carboxylic acids is 1. The van der Waals surface area contributed by atoms with Crippen molar-refractivity contribution in [2.24, 2.45) is 5.92 Å². The Bertz CT molecular complexity index is 432. The fourth-order valence-corrected chi connectivity index (χ4v) is 1.48. The van der Waals surface area contributed by atoms with Crippen molar-refractivity contribution < 1.29 is 14.7 Å². The van der Waals surface area contributed by atoms with Crippen LogP contribution in [0.2, 0.25) is 0 Å². The molecule has 18 heavy (non-hydrogen) atoms. The third kappa shape index (κ3) is 3.41. The Kier molecular flexibility index (Phi) is 4.59. The van der Waals surface area contributed by atoms with Gasteiger partial charge in [0.2, 0.25) is 5.91 Å². The van der Waals surface area contributed by atoms with Crippen molar-refractivity contribution in [2.45, 2.75) is 6.92 Å². The maximum absolute atomic E-state index is 11.4. The van der Waals surface area contributed by atoms with Gasteiger partial charge in [-0.2, -0.15) is 0 Å². The lowest BCUT2D eigenvalue weighted by molar-refractivity contribution is -0.123. The summed E-state index contributed by atoms with van der Waals surface area (Å²) >= 11 is 0. The van der Waals surface area contributed by atoms with Crippen molar-refractivity contribution in [1.29, 1.82) is 0 Å².